The fourth-order valence-electron chi connectivity index (χ4n) is 9.83. The van der Waals surface area contributed by atoms with Crippen molar-refractivity contribution in [3.63, 3.8) is 0 Å². The van der Waals surface area contributed by atoms with Crippen LogP contribution in [0.2, 0.25) is 0 Å². The lowest BCUT2D eigenvalue weighted by Gasteiger charge is -2.60. The Balaban J connectivity index is 1.38. The number of ether oxygens (including phenoxy) is 5. The molecule has 11 nitrogen and oxygen atoms in total. The zero-order chi connectivity index (χ0) is 48.1. The molecule has 2 N–H and O–H groups in total. The van der Waals surface area contributed by atoms with Crippen LogP contribution in [-0.2, 0) is 38.8 Å². The van der Waals surface area contributed by atoms with E-state index in [0.29, 0.717) is 47.8 Å². The number of amides is 1. The summed E-state index contributed by atoms with van der Waals surface area (Å²) < 4.78 is 62.0. The Kier molecular flexibility index (Phi) is 17.5. The van der Waals surface area contributed by atoms with Gasteiger partial charge in [-0.2, -0.15) is 0 Å². The molecule has 0 saturated heterocycles. The molecule has 1 saturated carbocycles. The van der Waals surface area contributed by atoms with E-state index in [2.05, 4.69) is 12.7 Å². The van der Waals surface area contributed by atoms with Gasteiger partial charge in [-0.15, -0.1) is 6.58 Å². The third-order valence-corrected chi connectivity index (χ3v) is 12.9. The fourth-order valence-corrected chi connectivity index (χ4v) is 9.83. The third-order valence-electron chi connectivity index (χ3n) is 12.9. The Bertz CT molecular complexity index is 2340. The maximum atomic E-state index is 14.9. The summed E-state index contributed by atoms with van der Waals surface area (Å²) in [6.45, 7) is 10.4. The lowest BCUT2D eigenvalue weighted by molar-refractivity contribution is -0.256. The van der Waals surface area contributed by atoms with E-state index in [-0.39, 0.29) is 76.2 Å². The number of unbranched alkanes of at least 4 members (excludes halogenated alkanes) is 2. The van der Waals surface area contributed by atoms with Crippen LogP contribution in [0.3, 0.4) is 0 Å². The first kappa shape index (κ1) is 50.3. The Morgan fingerprint density at radius 3 is 2.35 bits per heavy atom. The van der Waals surface area contributed by atoms with E-state index in [0.717, 1.165) is 42.4 Å². The lowest BCUT2D eigenvalue weighted by atomic mass is 9.55. The molecule has 1 heterocycles. The molecule has 6 atom stereocenters. The number of allylic oxidation sites excluding steroid dienone is 1. The molecule has 0 spiro atoms. The smallest absolute Gasteiger partial charge is 0.410 e. The molecule has 1 amide bonds. The molecule has 0 radical (unpaired) electrons. The topological polar surface area (TPSA) is 129 Å². The number of hydrogen-bond acceptors (Lipinski definition) is 10. The second-order valence-corrected chi connectivity index (χ2v) is 18.8. The van der Waals surface area contributed by atoms with Gasteiger partial charge in [0.25, 0.3) is 0 Å². The van der Waals surface area contributed by atoms with Gasteiger partial charge >= 0.3 is 6.09 Å². The first-order valence-electron chi connectivity index (χ1n) is 23.9. The number of carbonyl (C=O) groups excluding carboxylic acids is 1. The molecule has 0 bridgehead atoms. The van der Waals surface area contributed by atoms with E-state index in [1.807, 2.05) is 63.2 Å². The summed E-state index contributed by atoms with van der Waals surface area (Å²) in [6.07, 6.45) is 7.62. The monoisotopic (exact) mass is 936 g/mol. The van der Waals surface area contributed by atoms with Gasteiger partial charge in [0.15, 0.2) is 0 Å². The number of hydrogen-bond donors (Lipinski definition) is 2. The van der Waals surface area contributed by atoms with E-state index < -0.39 is 35.3 Å². The maximum absolute atomic E-state index is 14.9. The number of halogens is 2. The average Bonchev–Trinajstić information content (AvgIpc) is 3.33. The molecule has 2 aliphatic carbocycles. The van der Waals surface area contributed by atoms with Crippen molar-refractivity contribution >= 4 is 11.8 Å². The molecule has 13 heteroatoms. The van der Waals surface area contributed by atoms with Crippen molar-refractivity contribution in [2.24, 2.45) is 22.9 Å². The number of benzene rings is 4. The standard InChI is InChI=1S/C55H66F2N2O9/c1-5-29-66-55-50(59(35-38-21-23-42(56)24-22-38)53(62)64-31-30-63-36-39-15-7-6-8-16-39)34-48(58-68-54(2,3)4)45-32-40(17-11-13-27-60)44(19-12-14-28-61)51(52(45)55)46-33-43(25-26-49(46)67-55)65-37-41-18-9-10-20-47(41)57/h5-10,15-16,18,20-26,32-33,40,44,50-52,60-61H,1,11-14,17,19,27-31,34-37H2,2-4H3/t40-,44+,50-,51+,52+,55+/m0/s1. The third kappa shape index (κ3) is 12.3. The molecule has 4 aromatic carbocycles. The number of aliphatic hydroxyl groups excluding tert-OH is 2. The molecule has 0 unspecified atom stereocenters. The molecular formula is C55H66F2N2O9. The van der Waals surface area contributed by atoms with Gasteiger partial charge in [0.05, 0.1) is 31.5 Å². The summed E-state index contributed by atoms with van der Waals surface area (Å²) in [4.78, 5) is 22.8. The molecule has 7 rings (SSSR count). The molecule has 1 aliphatic heterocycles. The van der Waals surface area contributed by atoms with E-state index in [4.69, 9.17) is 33.7 Å². The lowest BCUT2D eigenvalue weighted by Crippen LogP contribution is -2.70. The van der Waals surface area contributed by atoms with Gasteiger partial charge < -0.3 is 38.7 Å². The van der Waals surface area contributed by atoms with Crippen molar-refractivity contribution in [1.29, 1.82) is 0 Å². The minimum absolute atomic E-state index is 0.000444. The number of carbonyl (C=O) groups is 1. The Hall–Kier alpha value is -5.60. The van der Waals surface area contributed by atoms with E-state index in [1.165, 1.54) is 18.2 Å². The van der Waals surface area contributed by atoms with Gasteiger partial charge in [-0.25, -0.2) is 13.6 Å². The van der Waals surface area contributed by atoms with Crippen molar-refractivity contribution in [1.82, 2.24) is 4.90 Å². The van der Waals surface area contributed by atoms with Crippen molar-refractivity contribution in [2.75, 3.05) is 33.0 Å². The Labute approximate surface area is 399 Å². The first-order chi connectivity index (χ1) is 32.9. The number of aliphatic hydroxyl groups is 2. The number of fused-ring (bicyclic) bond motifs is 2. The molecule has 4 aromatic rings. The quantitative estimate of drug-likeness (QED) is 0.0424. The van der Waals surface area contributed by atoms with Crippen LogP contribution in [0.25, 0.3) is 0 Å². The van der Waals surface area contributed by atoms with Crippen molar-refractivity contribution < 1.29 is 52.3 Å². The predicted molar refractivity (Wildman–Crippen MR) is 256 cm³/mol. The molecule has 0 aromatic heterocycles. The maximum Gasteiger partial charge on any atom is 0.410 e. The molecule has 68 heavy (non-hydrogen) atoms. The van der Waals surface area contributed by atoms with E-state index in [9.17, 15) is 23.8 Å². The van der Waals surface area contributed by atoms with Crippen LogP contribution in [0.15, 0.2) is 127 Å². The van der Waals surface area contributed by atoms with Crippen molar-refractivity contribution in [3.05, 3.63) is 155 Å². The summed E-state index contributed by atoms with van der Waals surface area (Å²) in [5, 5.41) is 24.9. The minimum atomic E-state index is -1.58. The number of oxime groups is 1. The summed E-state index contributed by atoms with van der Waals surface area (Å²) in [5.41, 5.74) is 3.70. The Morgan fingerprint density at radius 1 is 0.897 bits per heavy atom. The van der Waals surface area contributed by atoms with Crippen LogP contribution >= 0.6 is 0 Å². The summed E-state index contributed by atoms with van der Waals surface area (Å²) in [7, 11) is 0. The Morgan fingerprint density at radius 2 is 1.63 bits per heavy atom. The van der Waals surface area contributed by atoms with Gasteiger partial charge in [0.2, 0.25) is 5.79 Å². The van der Waals surface area contributed by atoms with Crippen LogP contribution < -0.4 is 9.47 Å². The largest absolute Gasteiger partial charge is 0.489 e. The van der Waals surface area contributed by atoms with Crippen molar-refractivity contribution in [3.8, 4) is 11.5 Å². The van der Waals surface area contributed by atoms with Gasteiger partial charge in [-0.05, 0) is 111 Å². The summed E-state index contributed by atoms with van der Waals surface area (Å²) in [5.74, 6) is -2.32. The van der Waals surface area contributed by atoms with Crippen LogP contribution in [0.5, 0.6) is 11.5 Å². The summed E-state index contributed by atoms with van der Waals surface area (Å²) >= 11 is 0. The van der Waals surface area contributed by atoms with Gasteiger partial charge in [-0.3, -0.25) is 4.90 Å². The van der Waals surface area contributed by atoms with Crippen LogP contribution in [0.1, 0.15) is 93.9 Å². The second-order valence-electron chi connectivity index (χ2n) is 18.8. The highest BCUT2D eigenvalue weighted by Crippen LogP contribution is 2.62. The predicted octanol–water partition coefficient (Wildman–Crippen LogP) is 10.8. The van der Waals surface area contributed by atoms with Gasteiger partial charge in [0.1, 0.15) is 48.0 Å². The van der Waals surface area contributed by atoms with Gasteiger partial charge in [-0.1, -0.05) is 90.8 Å². The van der Waals surface area contributed by atoms with Crippen molar-refractivity contribution in [2.45, 2.75) is 109 Å². The van der Waals surface area contributed by atoms with Crippen LogP contribution in [-0.4, -0.2) is 77.4 Å². The fraction of sp³-hybridized carbons (Fsp3) is 0.455. The summed E-state index contributed by atoms with van der Waals surface area (Å²) in [6, 6.07) is 26.9. The molecule has 1 fully saturated rings. The number of nitrogens with zero attached hydrogens (tertiary/aromatic N) is 2. The van der Waals surface area contributed by atoms with Gasteiger partial charge in [0, 0.05) is 43.2 Å². The average molecular weight is 937 g/mol. The number of rotatable bonds is 23. The first-order valence-corrected chi connectivity index (χ1v) is 23.9. The SMILES string of the molecule is C=CCO[C@@]12Oc3ccc(OCc4ccccc4F)cc3[C@H]3[C@H](CCCCO)[C@@H](CCCCO)C=C(C(=NOC(C)(C)C)C[C@@H]1N(Cc1ccc(F)cc1)C(=O)OCCOCc1ccccc1)[C@H]32. The normalized spacial score (nSPS) is 22.3. The molecule has 3 aliphatic rings. The van der Waals surface area contributed by atoms with Crippen LogP contribution in [0, 0.1) is 29.4 Å². The molecular weight excluding hydrogens is 871 g/mol. The highest BCUT2D eigenvalue weighted by molar-refractivity contribution is 6.03. The highest BCUT2D eigenvalue weighted by Gasteiger charge is 2.65. The van der Waals surface area contributed by atoms with Crippen LogP contribution in [0.4, 0.5) is 13.6 Å². The second kappa shape index (κ2) is 23.6. The molecule has 364 valence electrons. The zero-order valence-corrected chi connectivity index (χ0v) is 39.5. The van der Waals surface area contributed by atoms with E-state index >= 15 is 0 Å². The minimum Gasteiger partial charge on any atom is -0.489 e. The highest BCUT2D eigenvalue weighted by atomic mass is 19.1. The zero-order valence-electron chi connectivity index (χ0n) is 39.5. The van der Waals surface area contributed by atoms with E-state index in [1.54, 1.807) is 47.4 Å².